The third-order valence-corrected chi connectivity index (χ3v) is 4.03. The Balaban J connectivity index is 1.98. The zero-order valence-electron chi connectivity index (χ0n) is 11.0. The van der Waals surface area contributed by atoms with Gasteiger partial charge in [0, 0.05) is 19.0 Å². The first-order valence-electron chi connectivity index (χ1n) is 6.57. The van der Waals surface area contributed by atoms with Crippen LogP contribution in [-0.4, -0.2) is 53.2 Å². The van der Waals surface area contributed by atoms with Crippen molar-refractivity contribution in [1.29, 1.82) is 0 Å². The first-order chi connectivity index (χ1) is 9.65. The van der Waals surface area contributed by atoms with Gasteiger partial charge in [-0.15, -0.1) is 11.3 Å². The van der Waals surface area contributed by atoms with Gasteiger partial charge in [0.25, 0.3) is 5.91 Å². The number of rotatable bonds is 7. The maximum Gasteiger partial charge on any atom is 0.264 e. The van der Waals surface area contributed by atoms with E-state index in [1.54, 1.807) is 12.1 Å². The molecule has 1 saturated carbocycles. The Morgan fingerprint density at radius 3 is 2.45 bits per heavy atom. The zero-order valence-corrected chi connectivity index (χ0v) is 11.9. The average Bonchev–Trinajstić information content (AvgIpc) is 3.19. The van der Waals surface area contributed by atoms with Crippen LogP contribution in [0.15, 0.2) is 12.1 Å². The second kappa shape index (κ2) is 6.83. The van der Waals surface area contributed by atoms with Crippen LogP contribution in [0.4, 0.5) is 5.00 Å². The fourth-order valence-electron chi connectivity index (χ4n) is 1.80. The summed E-state index contributed by atoms with van der Waals surface area (Å²) in [5.74, 6) is -0.116. The molecule has 0 spiro atoms. The van der Waals surface area contributed by atoms with Crippen molar-refractivity contribution < 1.29 is 19.8 Å². The van der Waals surface area contributed by atoms with E-state index < -0.39 is 0 Å². The van der Waals surface area contributed by atoms with E-state index in [1.807, 2.05) is 0 Å². The van der Waals surface area contributed by atoms with Gasteiger partial charge in [-0.05, 0) is 25.0 Å². The van der Waals surface area contributed by atoms with Crippen LogP contribution in [0, 0.1) is 5.92 Å². The molecule has 1 aliphatic rings. The summed E-state index contributed by atoms with van der Waals surface area (Å²) >= 11 is 1.21. The van der Waals surface area contributed by atoms with Crippen LogP contribution < -0.4 is 5.32 Å². The van der Waals surface area contributed by atoms with E-state index in [0.717, 1.165) is 12.8 Å². The zero-order chi connectivity index (χ0) is 14.5. The van der Waals surface area contributed by atoms with E-state index in [1.165, 1.54) is 16.2 Å². The van der Waals surface area contributed by atoms with Crippen LogP contribution in [-0.2, 0) is 4.79 Å². The number of thiophene rings is 1. The summed E-state index contributed by atoms with van der Waals surface area (Å²) in [5.41, 5.74) is 0. The largest absolute Gasteiger partial charge is 0.395 e. The van der Waals surface area contributed by atoms with Crippen LogP contribution in [0.1, 0.15) is 22.5 Å². The minimum Gasteiger partial charge on any atom is -0.395 e. The predicted octanol–water partition coefficient (Wildman–Crippen LogP) is 0.523. The second-order valence-corrected chi connectivity index (χ2v) is 5.75. The topological polar surface area (TPSA) is 89.9 Å². The fraction of sp³-hybridized carbons (Fsp3) is 0.538. The van der Waals surface area contributed by atoms with E-state index in [0.29, 0.717) is 9.88 Å². The van der Waals surface area contributed by atoms with Gasteiger partial charge in [0.1, 0.15) is 0 Å². The normalized spacial score (nSPS) is 14.1. The Hall–Kier alpha value is -1.44. The molecule has 0 aliphatic heterocycles. The summed E-state index contributed by atoms with van der Waals surface area (Å²) in [6.07, 6.45) is 1.87. The van der Waals surface area contributed by atoms with Crippen LogP contribution in [0.3, 0.4) is 0 Å². The number of aliphatic hydroxyl groups is 2. The highest BCUT2D eigenvalue weighted by Crippen LogP contribution is 2.31. The molecule has 1 aliphatic carbocycles. The van der Waals surface area contributed by atoms with Gasteiger partial charge in [0.15, 0.2) is 0 Å². The van der Waals surface area contributed by atoms with E-state index in [-0.39, 0.29) is 44.0 Å². The first kappa shape index (κ1) is 15.0. The van der Waals surface area contributed by atoms with Gasteiger partial charge in [0.2, 0.25) is 5.91 Å². The highest BCUT2D eigenvalue weighted by atomic mass is 32.1. The molecule has 0 radical (unpaired) electrons. The Morgan fingerprint density at radius 2 is 1.90 bits per heavy atom. The molecule has 7 heteroatoms. The molecule has 0 atom stereocenters. The van der Waals surface area contributed by atoms with Crippen molar-refractivity contribution in [2.24, 2.45) is 5.92 Å². The monoisotopic (exact) mass is 298 g/mol. The number of anilines is 1. The average molecular weight is 298 g/mol. The lowest BCUT2D eigenvalue weighted by molar-refractivity contribution is -0.117. The highest BCUT2D eigenvalue weighted by molar-refractivity contribution is 7.18. The lowest BCUT2D eigenvalue weighted by atomic mass is 10.3. The molecule has 0 bridgehead atoms. The quantitative estimate of drug-likeness (QED) is 0.685. The van der Waals surface area contributed by atoms with Crippen molar-refractivity contribution in [3.8, 4) is 0 Å². The van der Waals surface area contributed by atoms with E-state index >= 15 is 0 Å². The molecule has 1 aromatic heterocycles. The van der Waals surface area contributed by atoms with Gasteiger partial charge < -0.3 is 20.4 Å². The van der Waals surface area contributed by atoms with Crippen molar-refractivity contribution in [2.45, 2.75) is 12.8 Å². The first-order valence-corrected chi connectivity index (χ1v) is 7.39. The summed E-state index contributed by atoms with van der Waals surface area (Å²) < 4.78 is 0. The molecule has 3 N–H and O–H groups in total. The molecule has 1 heterocycles. The molecular formula is C13H18N2O4S. The predicted molar refractivity (Wildman–Crippen MR) is 75.7 cm³/mol. The number of carbonyl (C=O) groups excluding carboxylic acids is 2. The summed E-state index contributed by atoms with van der Waals surface area (Å²) in [6, 6.07) is 3.35. The number of nitrogens with one attached hydrogen (secondary N) is 1. The molecule has 1 aromatic rings. The summed E-state index contributed by atoms with van der Waals surface area (Å²) in [6.45, 7) is 0.0624. The number of hydrogen-bond acceptors (Lipinski definition) is 5. The van der Waals surface area contributed by atoms with Crippen molar-refractivity contribution >= 4 is 28.2 Å². The molecule has 20 heavy (non-hydrogen) atoms. The van der Waals surface area contributed by atoms with Crippen molar-refractivity contribution in [2.75, 3.05) is 31.6 Å². The SMILES string of the molecule is O=C(Nc1ccc(C(=O)N(CCO)CCO)s1)C1CC1. The van der Waals surface area contributed by atoms with Crippen LogP contribution in [0.2, 0.25) is 0 Å². The van der Waals surface area contributed by atoms with E-state index in [4.69, 9.17) is 10.2 Å². The minimum absolute atomic E-state index is 0.00780. The molecule has 0 aromatic carbocycles. The van der Waals surface area contributed by atoms with Crippen LogP contribution in [0.5, 0.6) is 0 Å². The Kier molecular flexibility index (Phi) is 5.11. The molecule has 2 rings (SSSR count). The third kappa shape index (κ3) is 3.78. The van der Waals surface area contributed by atoms with Gasteiger partial charge in [-0.3, -0.25) is 9.59 Å². The highest BCUT2D eigenvalue weighted by Gasteiger charge is 2.30. The molecule has 6 nitrogen and oxygen atoms in total. The maximum atomic E-state index is 12.2. The van der Waals surface area contributed by atoms with Gasteiger partial charge in [-0.1, -0.05) is 0 Å². The number of nitrogens with zero attached hydrogens (tertiary/aromatic N) is 1. The number of carbonyl (C=O) groups is 2. The van der Waals surface area contributed by atoms with Crippen molar-refractivity contribution in [1.82, 2.24) is 4.90 Å². The molecule has 0 unspecified atom stereocenters. The molecule has 0 saturated heterocycles. The Labute approximate surface area is 121 Å². The summed E-state index contributed by atoms with van der Waals surface area (Å²) in [4.78, 5) is 25.7. The lowest BCUT2D eigenvalue weighted by Gasteiger charge is -2.19. The second-order valence-electron chi connectivity index (χ2n) is 4.67. The van der Waals surface area contributed by atoms with Crippen LogP contribution in [0.25, 0.3) is 0 Å². The molecule has 110 valence electrons. The number of amides is 2. The lowest BCUT2D eigenvalue weighted by Crippen LogP contribution is -2.35. The van der Waals surface area contributed by atoms with Crippen LogP contribution >= 0.6 is 11.3 Å². The smallest absolute Gasteiger partial charge is 0.264 e. The maximum absolute atomic E-state index is 12.2. The van der Waals surface area contributed by atoms with Gasteiger partial charge in [-0.2, -0.15) is 0 Å². The minimum atomic E-state index is -0.245. The van der Waals surface area contributed by atoms with Crippen molar-refractivity contribution in [3.05, 3.63) is 17.0 Å². The Morgan fingerprint density at radius 1 is 1.25 bits per heavy atom. The molecule has 1 fully saturated rings. The van der Waals surface area contributed by atoms with Gasteiger partial charge in [-0.25, -0.2) is 0 Å². The van der Waals surface area contributed by atoms with E-state index in [9.17, 15) is 9.59 Å². The molecule has 2 amide bonds. The van der Waals surface area contributed by atoms with Crippen molar-refractivity contribution in [3.63, 3.8) is 0 Å². The standard InChI is InChI=1S/C13H18N2O4S/c16-7-5-15(6-8-17)13(19)10-3-4-11(20-10)14-12(18)9-1-2-9/h3-4,9,16-17H,1-2,5-8H2,(H,14,18). The fourth-order valence-corrected chi connectivity index (χ4v) is 2.68. The van der Waals surface area contributed by atoms with Gasteiger partial charge in [0.05, 0.1) is 23.1 Å². The van der Waals surface area contributed by atoms with E-state index in [2.05, 4.69) is 5.32 Å². The molecular weight excluding hydrogens is 280 g/mol. The summed E-state index contributed by atoms with van der Waals surface area (Å²) in [7, 11) is 0. The Bertz CT molecular complexity index is 478. The number of aliphatic hydroxyl groups excluding tert-OH is 2. The third-order valence-electron chi connectivity index (χ3n) is 3.04. The van der Waals surface area contributed by atoms with Gasteiger partial charge >= 0.3 is 0 Å². The summed E-state index contributed by atoms with van der Waals surface area (Å²) in [5, 5.41) is 21.3. The number of hydrogen-bond donors (Lipinski definition) is 3.